The number of hydrogen-bond donors (Lipinski definition) is 0. The molecule has 19 heavy (non-hydrogen) atoms. The van der Waals surface area contributed by atoms with Gasteiger partial charge in [0.25, 0.3) is 5.91 Å². The third-order valence-electron chi connectivity index (χ3n) is 3.34. The quantitative estimate of drug-likeness (QED) is 0.800. The molecule has 0 bridgehead atoms. The number of amides is 1. The van der Waals surface area contributed by atoms with Gasteiger partial charge in [-0.3, -0.25) is 4.79 Å². The minimum atomic E-state index is -0.420. The zero-order valence-corrected chi connectivity index (χ0v) is 12.2. The molecule has 0 saturated carbocycles. The van der Waals surface area contributed by atoms with E-state index in [2.05, 4.69) is 0 Å². The van der Waals surface area contributed by atoms with Crippen LogP contribution in [0, 0.1) is 0 Å². The molecule has 0 aromatic heterocycles. The summed E-state index contributed by atoms with van der Waals surface area (Å²) in [4.78, 5) is 14.2. The summed E-state index contributed by atoms with van der Waals surface area (Å²) in [5.74, 6) is 1.39. The molecule has 1 aromatic carbocycles. The average molecular weight is 284 g/mol. The van der Waals surface area contributed by atoms with Crippen LogP contribution in [0.1, 0.15) is 24.2 Å². The van der Waals surface area contributed by atoms with Crippen molar-refractivity contribution >= 4 is 17.5 Å². The van der Waals surface area contributed by atoms with Crippen LogP contribution in [0.3, 0.4) is 0 Å². The van der Waals surface area contributed by atoms with Gasteiger partial charge in [0.2, 0.25) is 0 Å². The third kappa shape index (κ3) is 2.63. The van der Waals surface area contributed by atoms with Crippen molar-refractivity contribution in [1.29, 1.82) is 0 Å². The Balaban J connectivity index is 2.34. The van der Waals surface area contributed by atoms with Gasteiger partial charge < -0.3 is 14.4 Å². The lowest BCUT2D eigenvalue weighted by atomic mass is 10.0. The monoisotopic (exact) mass is 283 g/mol. The summed E-state index contributed by atoms with van der Waals surface area (Å²) in [6.07, 6.45) is 0. The maximum atomic E-state index is 12.6. The Morgan fingerprint density at radius 2 is 2.05 bits per heavy atom. The van der Waals surface area contributed by atoms with Crippen LogP contribution in [0.4, 0.5) is 0 Å². The molecular formula is C14H18ClNO3. The summed E-state index contributed by atoms with van der Waals surface area (Å²) in [6.45, 7) is 4.81. The Kier molecular flexibility index (Phi) is 3.90. The third-order valence-corrected chi connectivity index (χ3v) is 3.99. The second kappa shape index (κ2) is 5.29. The van der Waals surface area contributed by atoms with E-state index in [1.165, 1.54) is 0 Å². The van der Waals surface area contributed by atoms with Gasteiger partial charge in [0, 0.05) is 12.9 Å². The highest BCUT2D eigenvalue weighted by Gasteiger charge is 2.30. The van der Waals surface area contributed by atoms with E-state index >= 15 is 0 Å². The van der Waals surface area contributed by atoms with E-state index in [9.17, 15) is 4.79 Å². The van der Waals surface area contributed by atoms with Crippen molar-refractivity contribution in [2.75, 3.05) is 26.1 Å². The molecule has 0 N–H and O–H groups in total. The largest absolute Gasteiger partial charge is 0.486 e. The second-order valence-electron chi connectivity index (χ2n) is 5.14. The van der Waals surface area contributed by atoms with Gasteiger partial charge in [-0.05, 0) is 26.0 Å². The fourth-order valence-corrected chi connectivity index (χ4v) is 1.97. The standard InChI is InChI=1S/C14H18ClNO3/c1-14(2,9-15)16(3)13(17)10-5-4-6-11-12(10)19-8-7-18-11/h4-6H,7-9H2,1-3H3. The molecule has 4 nitrogen and oxygen atoms in total. The summed E-state index contributed by atoms with van der Waals surface area (Å²) < 4.78 is 11.1. The Labute approximate surface area is 118 Å². The molecule has 0 fully saturated rings. The van der Waals surface area contributed by atoms with Crippen LogP contribution >= 0.6 is 11.6 Å². The van der Waals surface area contributed by atoms with Crippen molar-refractivity contribution in [2.45, 2.75) is 19.4 Å². The van der Waals surface area contributed by atoms with Crippen LogP contribution in [0.25, 0.3) is 0 Å². The van der Waals surface area contributed by atoms with Crippen LogP contribution in [0.2, 0.25) is 0 Å². The van der Waals surface area contributed by atoms with Gasteiger partial charge in [0.05, 0.1) is 11.1 Å². The van der Waals surface area contributed by atoms with Gasteiger partial charge in [-0.2, -0.15) is 0 Å². The van der Waals surface area contributed by atoms with Gasteiger partial charge in [-0.15, -0.1) is 11.6 Å². The highest BCUT2D eigenvalue weighted by atomic mass is 35.5. The summed E-state index contributed by atoms with van der Waals surface area (Å²) in [5.41, 5.74) is 0.0922. The van der Waals surface area contributed by atoms with E-state index in [0.29, 0.717) is 36.2 Å². The predicted octanol–water partition coefficient (Wildman–Crippen LogP) is 2.55. The summed E-state index contributed by atoms with van der Waals surface area (Å²) in [5, 5.41) is 0. The minimum Gasteiger partial charge on any atom is -0.486 e. The van der Waals surface area contributed by atoms with E-state index in [1.54, 1.807) is 30.1 Å². The molecule has 0 radical (unpaired) electrons. The van der Waals surface area contributed by atoms with Gasteiger partial charge in [-0.1, -0.05) is 6.07 Å². The van der Waals surface area contributed by atoms with Crippen LogP contribution < -0.4 is 9.47 Å². The molecule has 0 spiro atoms. The Bertz CT molecular complexity index is 488. The number of halogens is 1. The summed E-state index contributed by atoms with van der Waals surface area (Å²) in [7, 11) is 1.74. The lowest BCUT2D eigenvalue weighted by Gasteiger charge is -2.34. The number of carbonyl (C=O) groups excluding carboxylic acids is 1. The summed E-state index contributed by atoms with van der Waals surface area (Å²) in [6, 6.07) is 5.34. The molecular weight excluding hydrogens is 266 g/mol. The molecule has 1 aromatic rings. The number of ether oxygens (including phenoxy) is 2. The molecule has 1 amide bonds. The second-order valence-corrected chi connectivity index (χ2v) is 5.41. The van der Waals surface area contributed by atoms with Gasteiger partial charge in [0.1, 0.15) is 13.2 Å². The fourth-order valence-electron chi connectivity index (χ4n) is 1.79. The van der Waals surface area contributed by atoms with Crippen molar-refractivity contribution < 1.29 is 14.3 Å². The molecule has 2 rings (SSSR count). The van der Waals surface area contributed by atoms with Crippen LogP contribution in [0.5, 0.6) is 11.5 Å². The van der Waals surface area contributed by atoms with Crippen LogP contribution in [-0.4, -0.2) is 42.5 Å². The van der Waals surface area contributed by atoms with Crippen LogP contribution in [0.15, 0.2) is 18.2 Å². The number of hydrogen-bond acceptors (Lipinski definition) is 3. The van der Waals surface area contributed by atoms with Crippen molar-refractivity contribution in [2.24, 2.45) is 0 Å². The first kappa shape index (κ1) is 14.0. The topological polar surface area (TPSA) is 38.8 Å². The average Bonchev–Trinajstić information content (AvgIpc) is 2.45. The van der Waals surface area contributed by atoms with E-state index in [1.807, 2.05) is 13.8 Å². The number of carbonyl (C=O) groups is 1. The first-order valence-corrected chi connectivity index (χ1v) is 6.73. The normalized spacial score (nSPS) is 14.1. The summed E-state index contributed by atoms with van der Waals surface area (Å²) >= 11 is 5.91. The lowest BCUT2D eigenvalue weighted by Crippen LogP contribution is -2.46. The van der Waals surface area contributed by atoms with E-state index in [0.717, 1.165) is 0 Å². The number of rotatable bonds is 3. The number of para-hydroxylation sites is 1. The number of fused-ring (bicyclic) bond motifs is 1. The fraction of sp³-hybridized carbons (Fsp3) is 0.500. The van der Waals surface area contributed by atoms with Crippen molar-refractivity contribution in [3.8, 4) is 11.5 Å². The molecule has 0 saturated heterocycles. The number of benzene rings is 1. The van der Waals surface area contributed by atoms with E-state index < -0.39 is 5.54 Å². The Hall–Kier alpha value is -1.42. The first-order valence-electron chi connectivity index (χ1n) is 6.20. The molecule has 0 aliphatic carbocycles. The molecule has 1 aliphatic heterocycles. The van der Waals surface area contributed by atoms with Gasteiger partial charge in [0.15, 0.2) is 11.5 Å². The maximum Gasteiger partial charge on any atom is 0.257 e. The molecule has 104 valence electrons. The maximum absolute atomic E-state index is 12.6. The predicted molar refractivity (Wildman–Crippen MR) is 74.3 cm³/mol. The minimum absolute atomic E-state index is 0.118. The zero-order valence-electron chi connectivity index (χ0n) is 11.4. The van der Waals surface area contributed by atoms with Crippen molar-refractivity contribution in [1.82, 2.24) is 4.90 Å². The van der Waals surface area contributed by atoms with Gasteiger partial charge in [-0.25, -0.2) is 0 Å². The van der Waals surface area contributed by atoms with Gasteiger partial charge >= 0.3 is 0 Å². The van der Waals surface area contributed by atoms with E-state index in [4.69, 9.17) is 21.1 Å². The molecule has 5 heteroatoms. The van der Waals surface area contributed by atoms with E-state index in [-0.39, 0.29) is 5.91 Å². The van der Waals surface area contributed by atoms with Crippen molar-refractivity contribution in [3.05, 3.63) is 23.8 Å². The SMILES string of the molecule is CN(C(=O)c1cccc2c1OCCO2)C(C)(C)CCl. The zero-order chi connectivity index (χ0) is 14.0. The Morgan fingerprint density at radius 1 is 1.37 bits per heavy atom. The first-order chi connectivity index (χ1) is 8.97. The molecule has 1 heterocycles. The Morgan fingerprint density at radius 3 is 2.74 bits per heavy atom. The number of nitrogens with zero attached hydrogens (tertiary/aromatic N) is 1. The smallest absolute Gasteiger partial charge is 0.257 e. The highest BCUT2D eigenvalue weighted by Crippen LogP contribution is 2.35. The molecule has 0 atom stereocenters. The molecule has 1 aliphatic rings. The lowest BCUT2D eigenvalue weighted by molar-refractivity contribution is 0.0650. The van der Waals surface area contributed by atoms with Crippen LogP contribution in [-0.2, 0) is 0 Å². The molecule has 0 unspecified atom stereocenters. The highest BCUT2D eigenvalue weighted by molar-refractivity contribution is 6.18. The number of alkyl halides is 1. The van der Waals surface area contributed by atoms with Crippen molar-refractivity contribution in [3.63, 3.8) is 0 Å².